The lowest BCUT2D eigenvalue weighted by atomic mass is 9.95. The van der Waals surface area contributed by atoms with Crippen LogP contribution in [0.25, 0.3) is 17.0 Å². The van der Waals surface area contributed by atoms with Gasteiger partial charge in [-0.3, -0.25) is 4.98 Å². The van der Waals surface area contributed by atoms with Crippen LogP contribution in [0.1, 0.15) is 89.0 Å². The number of hydrogen-bond acceptors (Lipinski definition) is 2. The van der Waals surface area contributed by atoms with E-state index in [2.05, 4.69) is 56.9 Å². The van der Waals surface area contributed by atoms with E-state index in [4.69, 9.17) is 4.98 Å². The third-order valence-corrected chi connectivity index (χ3v) is 5.96. The molecule has 1 aromatic heterocycles. The lowest BCUT2D eigenvalue weighted by Gasteiger charge is -2.31. The Balaban J connectivity index is 1.91. The summed E-state index contributed by atoms with van der Waals surface area (Å²) in [4.78, 5) is 7.58. The molecule has 0 N–H and O–H groups in total. The molecule has 152 valence electrons. The Morgan fingerprint density at radius 3 is 2.43 bits per heavy atom. The average Bonchev–Trinajstić information content (AvgIpc) is 2.68. The highest BCUT2D eigenvalue weighted by Gasteiger charge is 2.19. The fourth-order valence-corrected chi connectivity index (χ4v) is 4.49. The summed E-state index contributed by atoms with van der Waals surface area (Å²) < 4.78 is 0. The van der Waals surface area contributed by atoms with Crippen molar-refractivity contribution >= 4 is 22.7 Å². The van der Waals surface area contributed by atoms with E-state index in [9.17, 15) is 0 Å². The number of aromatic nitrogens is 1. The molecule has 2 aromatic rings. The summed E-state index contributed by atoms with van der Waals surface area (Å²) >= 11 is 0. The Labute approximate surface area is 172 Å². The molecule has 0 saturated carbocycles. The van der Waals surface area contributed by atoms with E-state index in [1.807, 2.05) is 0 Å². The molecule has 0 unspecified atom stereocenters. The topological polar surface area (TPSA) is 16.1 Å². The van der Waals surface area contributed by atoms with Crippen molar-refractivity contribution < 1.29 is 0 Å². The Morgan fingerprint density at radius 1 is 0.929 bits per heavy atom. The summed E-state index contributed by atoms with van der Waals surface area (Å²) in [5.74, 6) is 0. The number of benzene rings is 1. The second-order valence-corrected chi connectivity index (χ2v) is 8.60. The van der Waals surface area contributed by atoms with Gasteiger partial charge in [-0.2, -0.15) is 0 Å². The molecule has 0 aliphatic carbocycles. The van der Waals surface area contributed by atoms with Crippen LogP contribution in [-0.2, 0) is 6.42 Å². The van der Waals surface area contributed by atoms with Crippen molar-refractivity contribution in [2.45, 2.75) is 85.5 Å². The molecule has 0 spiro atoms. The van der Waals surface area contributed by atoms with Crippen LogP contribution in [0, 0.1) is 6.92 Å². The molecule has 28 heavy (non-hydrogen) atoms. The summed E-state index contributed by atoms with van der Waals surface area (Å²) in [5, 5.41) is 1.36. The first kappa shape index (κ1) is 20.9. The lowest BCUT2D eigenvalue weighted by molar-refractivity contribution is 0.650. The van der Waals surface area contributed by atoms with Gasteiger partial charge in [0.25, 0.3) is 0 Å². The predicted octanol–water partition coefficient (Wildman–Crippen LogP) is 7.47. The van der Waals surface area contributed by atoms with Crippen molar-refractivity contribution in [3.8, 4) is 0 Å². The highest BCUT2D eigenvalue weighted by atomic mass is 15.1. The van der Waals surface area contributed by atoms with Crippen molar-refractivity contribution in [3.63, 3.8) is 0 Å². The predicted molar refractivity (Wildman–Crippen MR) is 124 cm³/mol. The minimum absolute atomic E-state index is 1.06. The van der Waals surface area contributed by atoms with Crippen LogP contribution < -0.4 is 4.90 Å². The molecule has 1 aliphatic rings. The third-order valence-electron chi connectivity index (χ3n) is 5.96. The SMILES string of the molecule is CCCCCCc1cc(C)nc2c3c(ccc12)N(CCCCCC)CC(C)=C3. The number of pyridine rings is 1. The van der Waals surface area contributed by atoms with Gasteiger partial charge < -0.3 is 4.90 Å². The molecule has 0 radical (unpaired) electrons. The van der Waals surface area contributed by atoms with E-state index in [1.165, 1.54) is 91.1 Å². The van der Waals surface area contributed by atoms with Crippen LogP contribution in [0.3, 0.4) is 0 Å². The van der Waals surface area contributed by atoms with Crippen LogP contribution in [0.5, 0.6) is 0 Å². The van der Waals surface area contributed by atoms with Gasteiger partial charge in [0.1, 0.15) is 0 Å². The van der Waals surface area contributed by atoms with Crippen LogP contribution in [0.2, 0.25) is 0 Å². The molecule has 0 saturated heterocycles. The third kappa shape index (κ3) is 4.96. The molecule has 2 heteroatoms. The molecule has 0 atom stereocenters. The summed E-state index contributed by atoms with van der Waals surface area (Å²) in [6.07, 6.45) is 14.0. The van der Waals surface area contributed by atoms with E-state index in [1.54, 1.807) is 0 Å². The minimum Gasteiger partial charge on any atom is -0.367 e. The zero-order valence-corrected chi connectivity index (χ0v) is 18.5. The second kappa shape index (κ2) is 10.1. The van der Waals surface area contributed by atoms with E-state index in [-0.39, 0.29) is 0 Å². The Kier molecular flexibility index (Phi) is 7.53. The quantitative estimate of drug-likeness (QED) is 0.399. The molecule has 0 amide bonds. The van der Waals surface area contributed by atoms with Crippen LogP contribution >= 0.6 is 0 Å². The maximum atomic E-state index is 5.00. The number of fused-ring (bicyclic) bond motifs is 3. The van der Waals surface area contributed by atoms with Gasteiger partial charge in [-0.25, -0.2) is 0 Å². The van der Waals surface area contributed by atoms with Gasteiger partial charge in [0, 0.05) is 35.4 Å². The lowest BCUT2D eigenvalue weighted by Crippen LogP contribution is -2.29. The molecule has 0 fully saturated rings. The Morgan fingerprint density at radius 2 is 1.68 bits per heavy atom. The van der Waals surface area contributed by atoms with Crippen LogP contribution in [0.4, 0.5) is 5.69 Å². The van der Waals surface area contributed by atoms with Gasteiger partial charge in [0.05, 0.1) is 5.52 Å². The molecule has 1 aromatic carbocycles. The van der Waals surface area contributed by atoms with Crippen molar-refractivity contribution in [2.24, 2.45) is 0 Å². The first-order valence-electron chi connectivity index (χ1n) is 11.5. The largest absolute Gasteiger partial charge is 0.367 e. The number of rotatable bonds is 10. The fraction of sp³-hybridized carbons (Fsp3) is 0.577. The molecule has 2 heterocycles. The first-order chi connectivity index (χ1) is 13.6. The maximum Gasteiger partial charge on any atom is 0.0801 e. The summed E-state index contributed by atoms with van der Waals surface area (Å²) in [6.45, 7) is 11.2. The van der Waals surface area contributed by atoms with E-state index < -0.39 is 0 Å². The summed E-state index contributed by atoms with van der Waals surface area (Å²) in [5.41, 5.74) is 8.01. The average molecular weight is 379 g/mol. The van der Waals surface area contributed by atoms with E-state index >= 15 is 0 Å². The van der Waals surface area contributed by atoms with Gasteiger partial charge >= 0.3 is 0 Å². The van der Waals surface area contributed by atoms with Crippen molar-refractivity contribution in [2.75, 3.05) is 18.0 Å². The van der Waals surface area contributed by atoms with Crippen molar-refractivity contribution in [1.82, 2.24) is 4.98 Å². The fourth-order valence-electron chi connectivity index (χ4n) is 4.49. The summed E-state index contributed by atoms with van der Waals surface area (Å²) in [6, 6.07) is 7.00. The molecule has 3 rings (SSSR count). The van der Waals surface area contributed by atoms with Gasteiger partial charge in [0.2, 0.25) is 0 Å². The first-order valence-corrected chi connectivity index (χ1v) is 11.5. The normalized spacial score (nSPS) is 13.7. The molecular formula is C26H38N2. The van der Waals surface area contributed by atoms with Gasteiger partial charge in [-0.15, -0.1) is 0 Å². The Bertz CT molecular complexity index is 819. The van der Waals surface area contributed by atoms with Gasteiger partial charge in [-0.1, -0.05) is 70.1 Å². The zero-order chi connectivity index (χ0) is 19.9. The summed E-state index contributed by atoms with van der Waals surface area (Å²) in [7, 11) is 0. The van der Waals surface area contributed by atoms with Crippen molar-refractivity contribution in [3.05, 3.63) is 40.6 Å². The molecule has 0 bridgehead atoms. The van der Waals surface area contributed by atoms with Crippen LogP contribution in [0.15, 0.2) is 23.8 Å². The zero-order valence-electron chi connectivity index (χ0n) is 18.5. The monoisotopic (exact) mass is 378 g/mol. The van der Waals surface area contributed by atoms with Crippen molar-refractivity contribution in [1.29, 1.82) is 0 Å². The number of aryl methyl sites for hydroxylation is 2. The van der Waals surface area contributed by atoms with Gasteiger partial charge in [-0.05, 0) is 50.8 Å². The molecule has 1 aliphatic heterocycles. The van der Waals surface area contributed by atoms with Crippen LogP contribution in [-0.4, -0.2) is 18.1 Å². The van der Waals surface area contributed by atoms with Gasteiger partial charge in [0.15, 0.2) is 0 Å². The Hall–Kier alpha value is -1.83. The standard InChI is InChI=1S/C26H38N2/c1-5-7-9-11-13-22-18-21(4)27-26-23(22)14-15-25-24(26)17-20(3)19-28(25)16-12-10-8-6-2/h14-15,17-18H,5-13,16,19H2,1-4H3. The molecule has 2 nitrogen and oxygen atoms in total. The maximum absolute atomic E-state index is 5.00. The number of anilines is 1. The second-order valence-electron chi connectivity index (χ2n) is 8.60. The number of hydrogen-bond donors (Lipinski definition) is 0. The number of nitrogens with zero attached hydrogens (tertiary/aromatic N) is 2. The highest BCUT2D eigenvalue weighted by Crippen LogP contribution is 2.35. The van der Waals surface area contributed by atoms with E-state index in [0.717, 1.165) is 18.8 Å². The highest BCUT2D eigenvalue weighted by molar-refractivity contribution is 5.96. The number of unbranched alkanes of at least 4 members (excludes halogenated alkanes) is 6. The molecular weight excluding hydrogens is 340 g/mol. The smallest absolute Gasteiger partial charge is 0.0801 e. The van der Waals surface area contributed by atoms with E-state index in [0.29, 0.717) is 0 Å². The minimum atomic E-state index is 1.06.